The quantitative estimate of drug-likeness (QED) is 0.564. The van der Waals surface area contributed by atoms with Crippen LogP contribution in [0.3, 0.4) is 0 Å². The number of ether oxygens (including phenoxy) is 1. The van der Waals surface area contributed by atoms with Crippen molar-refractivity contribution in [1.82, 2.24) is 10.7 Å². The highest BCUT2D eigenvalue weighted by Gasteiger charge is 2.17. The first-order chi connectivity index (χ1) is 14.4. The number of aliphatic imine (C=N–C) groups is 2. The number of guanidine groups is 1. The van der Waals surface area contributed by atoms with Crippen molar-refractivity contribution in [3.8, 4) is 0 Å². The zero-order chi connectivity index (χ0) is 21.5. The average molecular weight is 430 g/mol. The summed E-state index contributed by atoms with van der Waals surface area (Å²) in [4.78, 5) is 21.4. The van der Waals surface area contributed by atoms with Gasteiger partial charge in [-0.15, -0.1) is 0 Å². The molecule has 0 aromatic heterocycles. The predicted octanol–water partition coefficient (Wildman–Crippen LogP) is 3.40. The van der Waals surface area contributed by atoms with Gasteiger partial charge >= 0.3 is 0 Å². The summed E-state index contributed by atoms with van der Waals surface area (Å²) in [5.74, 6) is -0.220. The Morgan fingerprint density at radius 3 is 2.63 bits per heavy atom. The molecule has 0 saturated carbocycles. The van der Waals surface area contributed by atoms with Gasteiger partial charge in [0.1, 0.15) is 11.7 Å². The first kappa shape index (κ1) is 21.6. The summed E-state index contributed by atoms with van der Waals surface area (Å²) < 4.78 is 18.2. The lowest BCUT2D eigenvalue weighted by Gasteiger charge is -2.10. The Hall–Kier alpha value is -3.10. The van der Waals surface area contributed by atoms with Crippen LogP contribution in [0.25, 0.3) is 0 Å². The van der Waals surface area contributed by atoms with E-state index < -0.39 is 11.7 Å². The molecule has 9 heteroatoms. The predicted molar refractivity (Wildman–Crippen MR) is 116 cm³/mol. The Morgan fingerprint density at radius 1 is 1.27 bits per heavy atom. The van der Waals surface area contributed by atoms with Crippen molar-refractivity contribution < 1.29 is 13.9 Å². The molecule has 7 nitrogen and oxygen atoms in total. The molecular formula is C21H21ClFN5O2. The molecule has 3 rings (SSSR count). The SMILES string of the molecule is COC[C@H](C)N=C(N=C1CC(c2ccc(Cl)cc2)=NN1)NC(=O)c1ccc(F)cc1. The van der Waals surface area contributed by atoms with Gasteiger partial charge in [-0.2, -0.15) is 10.1 Å². The van der Waals surface area contributed by atoms with E-state index in [0.29, 0.717) is 29.4 Å². The van der Waals surface area contributed by atoms with E-state index in [0.717, 1.165) is 11.3 Å². The minimum absolute atomic E-state index is 0.115. The fourth-order valence-corrected chi connectivity index (χ4v) is 2.85. The van der Waals surface area contributed by atoms with Crippen molar-refractivity contribution in [3.05, 3.63) is 70.5 Å². The van der Waals surface area contributed by atoms with Crippen LogP contribution >= 0.6 is 11.6 Å². The zero-order valence-electron chi connectivity index (χ0n) is 16.5. The molecule has 2 aromatic carbocycles. The molecule has 2 aromatic rings. The minimum Gasteiger partial charge on any atom is -0.382 e. The molecule has 0 unspecified atom stereocenters. The number of nitrogens with zero attached hydrogens (tertiary/aromatic N) is 3. The van der Waals surface area contributed by atoms with Gasteiger partial charge in [-0.3, -0.25) is 15.5 Å². The van der Waals surface area contributed by atoms with Crippen molar-refractivity contribution in [1.29, 1.82) is 0 Å². The van der Waals surface area contributed by atoms with Crippen LogP contribution in [0, 0.1) is 5.82 Å². The molecule has 1 atom stereocenters. The van der Waals surface area contributed by atoms with E-state index in [1.54, 1.807) is 19.2 Å². The third kappa shape index (κ3) is 5.95. The number of hydrazone groups is 1. The van der Waals surface area contributed by atoms with Crippen LogP contribution in [0.15, 0.2) is 63.6 Å². The van der Waals surface area contributed by atoms with Gasteiger partial charge in [-0.25, -0.2) is 9.38 Å². The highest BCUT2D eigenvalue weighted by molar-refractivity contribution is 6.30. The molecule has 0 aliphatic carbocycles. The number of methoxy groups -OCH3 is 1. The van der Waals surface area contributed by atoms with Crippen molar-refractivity contribution in [2.45, 2.75) is 19.4 Å². The Kier molecular flexibility index (Phi) is 7.26. The van der Waals surface area contributed by atoms with E-state index in [2.05, 4.69) is 25.8 Å². The summed E-state index contributed by atoms with van der Waals surface area (Å²) >= 11 is 5.93. The number of carbonyl (C=O) groups excluding carboxylic acids is 1. The Morgan fingerprint density at radius 2 is 1.97 bits per heavy atom. The molecule has 0 bridgehead atoms. The number of benzene rings is 2. The number of halogens is 2. The molecule has 1 amide bonds. The van der Waals surface area contributed by atoms with Crippen molar-refractivity contribution >= 4 is 35.0 Å². The third-order valence-corrected chi connectivity index (χ3v) is 4.41. The molecule has 1 aliphatic heterocycles. The van der Waals surface area contributed by atoms with Crippen LogP contribution in [-0.4, -0.2) is 43.2 Å². The number of hydrogen-bond acceptors (Lipinski definition) is 4. The topological polar surface area (TPSA) is 87.4 Å². The van der Waals surface area contributed by atoms with E-state index >= 15 is 0 Å². The first-order valence-electron chi connectivity index (χ1n) is 9.24. The summed E-state index contributed by atoms with van der Waals surface area (Å²) in [6.07, 6.45) is 0.436. The van der Waals surface area contributed by atoms with E-state index in [4.69, 9.17) is 16.3 Å². The number of carbonyl (C=O) groups is 1. The fraction of sp³-hybridized carbons (Fsp3) is 0.238. The van der Waals surface area contributed by atoms with Gasteiger partial charge < -0.3 is 4.74 Å². The normalized spacial score (nSPS) is 16.2. The Bertz CT molecular complexity index is 987. The zero-order valence-corrected chi connectivity index (χ0v) is 17.3. The molecule has 156 valence electrons. The summed E-state index contributed by atoms with van der Waals surface area (Å²) in [6.45, 7) is 2.20. The van der Waals surface area contributed by atoms with Gasteiger partial charge in [-0.05, 0) is 48.9 Å². The van der Waals surface area contributed by atoms with Crippen LogP contribution in [-0.2, 0) is 4.74 Å². The summed E-state index contributed by atoms with van der Waals surface area (Å²) in [5.41, 5.74) is 4.87. The van der Waals surface area contributed by atoms with Crippen molar-refractivity contribution in [2.75, 3.05) is 13.7 Å². The number of rotatable bonds is 5. The maximum atomic E-state index is 13.1. The van der Waals surface area contributed by atoms with Gasteiger partial charge in [0, 0.05) is 17.7 Å². The van der Waals surface area contributed by atoms with E-state index in [1.807, 2.05) is 19.1 Å². The molecule has 2 N–H and O–H groups in total. The van der Waals surface area contributed by atoms with E-state index in [1.165, 1.54) is 24.3 Å². The van der Waals surface area contributed by atoms with Gasteiger partial charge in [0.05, 0.1) is 24.8 Å². The molecule has 1 heterocycles. The minimum atomic E-state index is -0.445. The van der Waals surface area contributed by atoms with E-state index in [-0.39, 0.29) is 12.0 Å². The summed E-state index contributed by atoms with van der Waals surface area (Å²) in [7, 11) is 1.57. The van der Waals surface area contributed by atoms with Crippen molar-refractivity contribution in [2.24, 2.45) is 15.1 Å². The second-order valence-corrected chi connectivity index (χ2v) is 7.07. The first-order valence-corrected chi connectivity index (χ1v) is 9.62. The molecule has 1 aliphatic rings. The second-order valence-electron chi connectivity index (χ2n) is 6.63. The highest BCUT2D eigenvalue weighted by atomic mass is 35.5. The van der Waals surface area contributed by atoms with Crippen LogP contribution in [0.5, 0.6) is 0 Å². The second kappa shape index (κ2) is 10.1. The standard InChI is InChI=1S/C21H21ClFN5O2/c1-13(12-30-2)24-21(26-20(29)15-5-9-17(23)10-6-15)25-19-11-18(27-28-19)14-3-7-16(22)8-4-14/h3-10,13H,11-12H2,1-2H3,(H2,24,25,26,28,29)/t13-/m0/s1. The van der Waals surface area contributed by atoms with Gasteiger partial charge in [0.2, 0.25) is 5.96 Å². The molecule has 0 fully saturated rings. The monoisotopic (exact) mass is 429 g/mol. The molecule has 0 saturated heterocycles. The fourth-order valence-electron chi connectivity index (χ4n) is 2.72. The van der Waals surface area contributed by atoms with Gasteiger partial charge in [0.15, 0.2) is 0 Å². The van der Waals surface area contributed by atoms with Gasteiger partial charge in [-0.1, -0.05) is 23.7 Å². The lowest BCUT2D eigenvalue weighted by atomic mass is 10.1. The highest BCUT2D eigenvalue weighted by Crippen LogP contribution is 2.14. The van der Waals surface area contributed by atoms with Crippen LogP contribution in [0.2, 0.25) is 5.02 Å². The number of amides is 1. The third-order valence-electron chi connectivity index (χ3n) is 4.16. The average Bonchev–Trinajstić information content (AvgIpc) is 3.17. The maximum absolute atomic E-state index is 13.1. The molecule has 0 radical (unpaired) electrons. The van der Waals surface area contributed by atoms with E-state index in [9.17, 15) is 9.18 Å². The molecule has 30 heavy (non-hydrogen) atoms. The number of hydrogen-bond donors (Lipinski definition) is 2. The molecular weight excluding hydrogens is 409 g/mol. The largest absolute Gasteiger partial charge is 0.382 e. The molecule has 0 spiro atoms. The van der Waals surface area contributed by atoms with Crippen molar-refractivity contribution in [3.63, 3.8) is 0 Å². The summed E-state index contributed by atoms with van der Waals surface area (Å²) in [6, 6.07) is 12.3. The smallest absolute Gasteiger partial charge is 0.258 e. The maximum Gasteiger partial charge on any atom is 0.258 e. The number of amidine groups is 1. The summed E-state index contributed by atoms with van der Waals surface area (Å²) in [5, 5.41) is 7.60. The Balaban J connectivity index is 1.76. The lowest BCUT2D eigenvalue weighted by molar-refractivity contribution is 0.0976. The lowest BCUT2D eigenvalue weighted by Crippen LogP contribution is -2.32. The van der Waals surface area contributed by atoms with Crippen LogP contribution < -0.4 is 10.7 Å². The van der Waals surface area contributed by atoms with Crippen LogP contribution in [0.1, 0.15) is 29.3 Å². The van der Waals surface area contributed by atoms with Crippen LogP contribution in [0.4, 0.5) is 4.39 Å². The Labute approximate surface area is 178 Å². The van der Waals surface area contributed by atoms with Gasteiger partial charge in [0.25, 0.3) is 5.91 Å². The number of nitrogens with one attached hydrogen (secondary N) is 2.